The number of hydrogen-bond donors (Lipinski definition) is 2. The van der Waals surface area contributed by atoms with E-state index in [0.29, 0.717) is 17.3 Å². The largest absolute Gasteiger partial charge is 0.504 e. The molecule has 0 spiro atoms. The molecule has 0 saturated carbocycles. The summed E-state index contributed by atoms with van der Waals surface area (Å²) < 4.78 is 5.18. The highest BCUT2D eigenvalue weighted by Crippen LogP contribution is 2.31. The van der Waals surface area contributed by atoms with E-state index < -0.39 is 0 Å². The smallest absolute Gasteiger partial charge is 0.161 e. The average molecular weight is 398 g/mol. The van der Waals surface area contributed by atoms with Gasteiger partial charge >= 0.3 is 0 Å². The first-order chi connectivity index (χ1) is 14.6. The van der Waals surface area contributed by atoms with Crippen molar-refractivity contribution in [3.05, 3.63) is 84.9 Å². The minimum atomic E-state index is 0.0513. The molecule has 4 rings (SSSR count). The number of nitrogens with zero attached hydrogens (tertiary/aromatic N) is 3. The second-order valence-electron chi connectivity index (χ2n) is 6.90. The number of rotatable bonds is 6. The van der Waals surface area contributed by atoms with E-state index in [4.69, 9.17) is 4.74 Å². The van der Waals surface area contributed by atoms with Gasteiger partial charge in [-0.05, 0) is 53.9 Å². The van der Waals surface area contributed by atoms with Gasteiger partial charge in [0.2, 0.25) is 0 Å². The number of benzene rings is 2. The first-order valence-electron chi connectivity index (χ1n) is 9.60. The average Bonchev–Trinajstić information content (AvgIpc) is 2.80. The van der Waals surface area contributed by atoms with Gasteiger partial charge in [-0.15, -0.1) is 0 Å². The van der Waals surface area contributed by atoms with Gasteiger partial charge in [0.15, 0.2) is 11.5 Å². The lowest BCUT2D eigenvalue weighted by atomic mass is 10.0. The standard InChI is InChI=1S/C24H22N4O2/c1-16(17-3-5-18(6-4-17)19-9-11-25-12-10-19)27-24-15-26-14-21(28-24)20-7-8-22(29)23(13-20)30-2/h3-16,29H,1-2H3,(H,27,28)/t16-/m1/s1. The number of phenols is 1. The van der Waals surface area contributed by atoms with Crippen LogP contribution in [0.25, 0.3) is 22.4 Å². The molecule has 0 unspecified atom stereocenters. The molecule has 150 valence electrons. The SMILES string of the molecule is COc1cc(-c2cncc(N[C@H](C)c3ccc(-c4ccncc4)cc3)n2)ccc1O. The fraction of sp³-hybridized carbons (Fsp3) is 0.125. The molecule has 2 N–H and O–H groups in total. The quantitative estimate of drug-likeness (QED) is 0.471. The van der Waals surface area contributed by atoms with Crippen molar-refractivity contribution in [3.8, 4) is 33.9 Å². The number of aromatic hydroxyl groups is 1. The van der Waals surface area contributed by atoms with Crippen LogP contribution in [-0.2, 0) is 0 Å². The van der Waals surface area contributed by atoms with Crippen LogP contribution >= 0.6 is 0 Å². The van der Waals surface area contributed by atoms with E-state index >= 15 is 0 Å². The van der Waals surface area contributed by atoms with E-state index in [0.717, 1.165) is 22.3 Å². The Kier molecular flexibility index (Phi) is 5.57. The molecule has 0 aliphatic heterocycles. The van der Waals surface area contributed by atoms with Gasteiger partial charge in [0.25, 0.3) is 0 Å². The lowest BCUT2D eigenvalue weighted by Gasteiger charge is -2.16. The second kappa shape index (κ2) is 8.61. The molecule has 0 aliphatic carbocycles. The molecule has 6 nitrogen and oxygen atoms in total. The van der Waals surface area contributed by atoms with E-state index in [1.807, 2.05) is 12.1 Å². The first kappa shape index (κ1) is 19.4. The molecule has 1 atom stereocenters. The molecule has 4 aromatic rings. The van der Waals surface area contributed by atoms with E-state index in [1.54, 1.807) is 43.0 Å². The Morgan fingerprint density at radius 2 is 1.57 bits per heavy atom. The third kappa shape index (κ3) is 4.22. The summed E-state index contributed by atoms with van der Waals surface area (Å²) in [6.45, 7) is 2.08. The zero-order valence-corrected chi connectivity index (χ0v) is 16.8. The highest BCUT2D eigenvalue weighted by molar-refractivity contribution is 5.65. The van der Waals surface area contributed by atoms with Crippen molar-refractivity contribution in [1.29, 1.82) is 0 Å². The number of aromatic nitrogens is 3. The van der Waals surface area contributed by atoms with Crippen molar-refractivity contribution >= 4 is 5.82 Å². The molecule has 2 heterocycles. The Balaban J connectivity index is 1.51. The number of anilines is 1. The van der Waals surface area contributed by atoms with Crippen molar-refractivity contribution in [2.24, 2.45) is 0 Å². The van der Waals surface area contributed by atoms with Crippen molar-refractivity contribution < 1.29 is 9.84 Å². The van der Waals surface area contributed by atoms with Gasteiger partial charge in [0, 0.05) is 24.0 Å². The molecule has 0 bridgehead atoms. The molecule has 30 heavy (non-hydrogen) atoms. The molecule has 6 heteroatoms. The second-order valence-corrected chi connectivity index (χ2v) is 6.90. The van der Waals surface area contributed by atoms with Crippen molar-refractivity contribution in [1.82, 2.24) is 15.0 Å². The maximum absolute atomic E-state index is 9.80. The maximum Gasteiger partial charge on any atom is 0.161 e. The molecule has 0 saturated heterocycles. The number of phenolic OH excluding ortho intramolecular Hbond substituents is 1. The Morgan fingerprint density at radius 3 is 2.30 bits per heavy atom. The zero-order valence-electron chi connectivity index (χ0n) is 16.8. The summed E-state index contributed by atoms with van der Waals surface area (Å²) in [4.78, 5) is 13.0. The van der Waals surface area contributed by atoms with Crippen LogP contribution in [0.15, 0.2) is 79.4 Å². The van der Waals surface area contributed by atoms with Crippen LogP contribution in [0.5, 0.6) is 11.5 Å². The predicted octanol–water partition coefficient (Wildman–Crippen LogP) is 5.09. The minimum absolute atomic E-state index is 0.0513. The van der Waals surface area contributed by atoms with Crippen molar-refractivity contribution in [2.45, 2.75) is 13.0 Å². The maximum atomic E-state index is 9.80. The lowest BCUT2D eigenvalue weighted by Crippen LogP contribution is -2.08. The van der Waals surface area contributed by atoms with E-state index in [-0.39, 0.29) is 11.8 Å². The van der Waals surface area contributed by atoms with Gasteiger partial charge < -0.3 is 15.2 Å². The van der Waals surface area contributed by atoms with Crippen LogP contribution in [0, 0.1) is 0 Å². The van der Waals surface area contributed by atoms with Crippen LogP contribution in [0.1, 0.15) is 18.5 Å². The highest BCUT2D eigenvalue weighted by Gasteiger charge is 2.10. The topological polar surface area (TPSA) is 80.2 Å². The molecule has 2 aromatic carbocycles. The van der Waals surface area contributed by atoms with Gasteiger partial charge in [-0.3, -0.25) is 9.97 Å². The van der Waals surface area contributed by atoms with Gasteiger partial charge in [-0.1, -0.05) is 24.3 Å². The summed E-state index contributed by atoms with van der Waals surface area (Å²) in [5, 5.41) is 13.2. The summed E-state index contributed by atoms with van der Waals surface area (Å²) in [7, 11) is 1.52. The summed E-state index contributed by atoms with van der Waals surface area (Å²) >= 11 is 0. The van der Waals surface area contributed by atoms with Crippen LogP contribution < -0.4 is 10.1 Å². The normalized spacial score (nSPS) is 11.7. The number of nitrogens with one attached hydrogen (secondary N) is 1. The Morgan fingerprint density at radius 1 is 0.867 bits per heavy atom. The van der Waals surface area contributed by atoms with E-state index in [2.05, 4.69) is 51.5 Å². The molecule has 0 fully saturated rings. The Hall–Kier alpha value is -3.93. The molecular formula is C24H22N4O2. The molecule has 2 aromatic heterocycles. The number of methoxy groups -OCH3 is 1. The predicted molar refractivity (Wildman–Crippen MR) is 117 cm³/mol. The van der Waals surface area contributed by atoms with E-state index in [1.165, 1.54) is 7.11 Å². The Bertz CT molecular complexity index is 1130. The fourth-order valence-electron chi connectivity index (χ4n) is 3.23. The highest BCUT2D eigenvalue weighted by atomic mass is 16.5. The van der Waals surface area contributed by atoms with Gasteiger partial charge in [-0.25, -0.2) is 4.98 Å². The van der Waals surface area contributed by atoms with Crippen LogP contribution in [0.3, 0.4) is 0 Å². The van der Waals surface area contributed by atoms with Crippen LogP contribution in [0.2, 0.25) is 0 Å². The third-order valence-corrected chi connectivity index (χ3v) is 4.90. The van der Waals surface area contributed by atoms with Gasteiger partial charge in [0.1, 0.15) is 5.82 Å². The summed E-state index contributed by atoms with van der Waals surface area (Å²) in [6.07, 6.45) is 6.97. The fourth-order valence-corrected chi connectivity index (χ4v) is 3.23. The number of pyridine rings is 1. The third-order valence-electron chi connectivity index (χ3n) is 4.90. The molecule has 0 radical (unpaired) electrons. The van der Waals surface area contributed by atoms with Gasteiger partial charge in [-0.2, -0.15) is 0 Å². The number of hydrogen-bond acceptors (Lipinski definition) is 6. The van der Waals surface area contributed by atoms with Crippen LogP contribution in [0.4, 0.5) is 5.82 Å². The summed E-state index contributed by atoms with van der Waals surface area (Å²) in [5.41, 5.74) is 4.94. The first-order valence-corrected chi connectivity index (χ1v) is 9.60. The van der Waals surface area contributed by atoms with E-state index in [9.17, 15) is 5.11 Å². The van der Waals surface area contributed by atoms with Crippen LogP contribution in [-0.4, -0.2) is 27.2 Å². The summed E-state index contributed by atoms with van der Waals surface area (Å²) in [6, 6.07) is 17.6. The molecule has 0 aliphatic rings. The summed E-state index contributed by atoms with van der Waals surface area (Å²) in [5.74, 6) is 1.16. The lowest BCUT2D eigenvalue weighted by molar-refractivity contribution is 0.373. The van der Waals surface area contributed by atoms with Gasteiger partial charge in [0.05, 0.1) is 25.2 Å². The van der Waals surface area contributed by atoms with Crippen molar-refractivity contribution in [3.63, 3.8) is 0 Å². The zero-order chi connectivity index (χ0) is 20.9. The minimum Gasteiger partial charge on any atom is -0.504 e. The molecule has 0 amide bonds. The monoisotopic (exact) mass is 398 g/mol. The number of ether oxygens (including phenoxy) is 1. The molecular weight excluding hydrogens is 376 g/mol. The Labute approximate surface area is 175 Å². The van der Waals surface area contributed by atoms with Crippen molar-refractivity contribution in [2.75, 3.05) is 12.4 Å².